The zero-order chi connectivity index (χ0) is 16.7. The van der Waals surface area contributed by atoms with Gasteiger partial charge in [-0.2, -0.15) is 0 Å². The second-order valence-corrected chi connectivity index (χ2v) is 6.97. The summed E-state index contributed by atoms with van der Waals surface area (Å²) in [6.07, 6.45) is 3.33. The molecule has 0 spiro atoms. The molecule has 23 heavy (non-hydrogen) atoms. The Labute approximate surface area is 140 Å². The van der Waals surface area contributed by atoms with Crippen molar-refractivity contribution < 1.29 is 4.79 Å². The van der Waals surface area contributed by atoms with Crippen LogP contribution in [-0.2, 0) is 6.42 Å². The Kier molecular flexibility index (Phi) is 6.90. The fraction of sp³-hybridized carbons (Fsp3) is 0.632. The molecule has 0 saturated carbocycles. The molecule has 1 unspecified atom stereocenters. The highest BCUT2D eigenvalue weighted by Gasteiger charge is 2.21. The minimum absolute atomic E-state index is 0.0423. The number of rotatable bonds is 6. The van der Waals surface area contributed by atoms with Crippen molar-refractivity contribution in [3.8, 4) is 0 Å². The summed E-state index contributed by atoms with van der Waals surface area (Å²) in [6, 6.07) is 8.99. The molecule has 128 valence electrons. The molecule has 1 heterocycles. The average Bonchev–Trinajstić information content (AvgIpc) is 2.53. The van der Waals surface area contributed by atoms with Gasteiger partial charge in [-0.05, 0) is 58.1 Å². The van der Waals surface area contributed by atoms with E-state index in [1.807, 2.05) is 0 Å². The molecule has 4 nitrogen and oxygen atoms in total. The largest absolute Gasteiger partial charge is 0.338 e. The minimum Gasteiger partial charge on any atom is -0.338 e. The number of carbonyl (C=O) groups excluding carboxylic acids is 1. The van der Waals surface area contributed by atoms with Gasteiger partial charge in [0.05, 0.1) is 0 Å². The lowest BCUT2D eigenvalue weighted by Gasteiger charge is -2.35. The highest BCUT2D eigenvalue weighted by Crippen LogP contribution is 2.17. The molecule has 1 aromatic carbocycles. The third-order valence-corrected chi connectivity index (χ3v) is 4.61. The number of nitrogens with one attached hydrogen (secondary N) is 2. The van der Waals surface area contributed by atoms with Gasteiger partial charge < -0.3 is 15.5 Å². The predicted molar refractivity (Wildman–Crippen MR) is 95.7 cm³/mol. The van der Waals surface area contributed by atoms with Crippen LogP contribution in [0.25, 0.3) is 0 Å². The van der Waals surface area contributed by atoms with E-state index in [0.717, 1.165) is 19.5 Å². The van der Waals surface area contributed by atoms with Crippen molar-refractivity contribution in [1.29, 1.82) is 0 Å². The van der Waals surface area contributed by atoms with Crippen molar-refractivity contribution in [3.05, 3.63) is 35.4 Å². The number of likely N-dealkylation sites (tertiary alicyclic amines) is 1. The molecular formula is C19H31N3O. The minimum atomic E-state index is -0.0423. The first-order chi connectivity index (χ1) is 11.0. The number of urea groups is 1. The summed E-state index contributed by atoms with van der Waals surface area (Å²) in [5, 5.41) is 5.99. The Bertz CT molecular complexity index is 501. The standard InChI is InChI=1S/C19H31N3O/c1-15(2)22-11-5-8-18(14-22)13-21-19(23)20-10-9-17-7-4-6-16(3)12-17/h4,6-7,12,15,18H,5,8-11,13-14H2,1-3H3,(H2,20,21,23). The lowest BCUT2D eigenvalue weighted by atomic mass is 9.97. The Morgan fingerprint density at radius 3 is 2.91 bits per heavy atom. The first-order valence-electron chi connectivity index (χ1n) is 8.86. The van der Waals surface area contributed by atoms with E-state index in [1.165, 1.54) is 30.5 Å². The number of amides is 2. The molecule has 4 heteroatoms. The SMILES string of the molecule is Cc1cccc(CCNC(=O)NCC2CCCN(C(C)C)C2)c1. The second kappa shape index (κ2) is 8.92. The van der Waals surface area contributed by atoms with Crippen LogP contribution in [0, 0.1) is 12.8 Å². The summed E-state index contributed by atoms with van der Waals surface area (Å²) in [7, 11) is 0. The van der Waals surface area contributed by atoms with E-state index in [2.05, 4.69) is 60.6 Å². The van der Waals surface area contributed by atoms with Gasteiger partial charge in [-0.25, -0.2) is 4.79 Å². The molecule has 0 bridgehead atoms. The highest BCUT2D eigenvalue weighted by molar-refractivity contribution is 5.73. The topological polar surface area (TPSA) is 44.4 Å². The van der Waals surface area contributed by atoms with Gasteiger partial charge in [-0.15, -0.1) is 0 Å². The Balaban J connectivity index is 1.63. The average molecular weight is 317 g/mol. The van der Waals surface area contributed by atoms with E-state index < -0.39 is 0 Å². The predicted octanol–water partition coefficient (Wildman–Crippen LogP) is 2.96. The zero-order valence-electron chi connectivity index (χ0n) is 14.8. The Morgan fingerprint density at radius 1 is 1.35 bits per heavy atom. The van der Waals surface area contributed by atoms with Crippen LogP contribution >= 0.6 is 0 Å². The third kappa shape index (κ3) is 6.22. The first kappa shape index (κ1) is 17.8. The molecule has 0 radical (unpaired) electrons. The van der Waals surface area contributed by atoms with Crippen molar-refractivity contribution in [1.82, 2.24) is 15.5 Å². The fourth-order valence-electron chi connectivity index (χ4n) is 3.22. The number of aryl methyl sites for hydroxylation is 1. The molecule has 1 atom stereocenters. The van der Waals surface area contributed by atoms with Gasteiger partial charge in [0.15, 0.2) is 0 Å². The lowest BCUT2D eigenvalue weighted by Crippen LogP contribution is -2.45. The van der Waals surface area contributed by atoms with Crippen molar-refractivity contribution in [2.24, 2.45) is 5.92 Å². The molecule has 2 N–H and O–H groups in total. The van der Waals surface area contributed by atoms with E-state index in [1.54, 1.807) is 0 Å². The number of hydrogen-bond acceptors (Lipinski definition) is 2. The Morgan fingerprint density at radius 2 is 2.17 bits per heavy atom. The van der Waals surface area contributed by atoms with Crippen molar-refractivity contribution in [2.75, 3.05) is 26.2 Å². The van der Waals surface area contributed by atoms with Crippen LogP contribution in [0.1, 0.15) is 37.8 Å². The van der Waals surface area contributed by atoms with Crippen molar-refractivity contribution in [2.45, 2.75) is 46.1 Å². The quantitative estimate of drug-likeness (QED) is 0.847. The smallest absolute Gasteiger partial charge is 0.314 e. The van der Waals surface area contributed by atoms with Crippen LogP contribution < -0.4 is 10.6 Å². The van der Waals surface area contributed by atoms with Crippen LogP contribution in [0.4, 0.5) is 4.79 Å². The summed E-state index contributed by atoms with van der Waals surface area (Å²) in [6.45, 7) is 10.3. The fourth-order valence-corrected chi connectivity index (χ4v) is 3.22. The van der Waals surface area contributed by atoms with Crippen LogP contribution in [0.5, 0.6) is 0 Å². The molecule has 1 fully saturated rings. The second-order valence-electron chi connectivity index (χ2n) is 6.97. The van der Waals surface area contributed by atoms with E-state index >= 15 is 0 Å². The maximum Gasteiger partial charge on any atom is 0.314 e. The van der Waals surface area contributed by atoms with Crippen molar-refractivity contribution >= 4 is 6.03 Å². The number of piperidine rings is 1. The number of hydrogen-bond donors (Lipinski definition) is 2. The Hall–Kier alpha value is -1.55. The first-order valence-corrected chi connectivity index (χ1v) is 8.86. The van der Waals surface area contributed by atoms with Gasteiger partial charge in [0.25, 0.3) is 0 Å². The van der Waals surface area contributed by atoms with Crippen LogP contribution in [0.2, 0.25) is 0 Å². The molecule has 2 rings (SSSR count). The number of benzene rings is 1. The summed E-state index contributed by atoms with van der Waals surface area (Å²) in [4.78, 5) is 14.4. The van der Waals surface area contributed by atoms with Gasteiger partial charge in [0, 0.05) is 25.7 Å². The van der Waals surface area contributed by atoms with E-state index in [4.69, 9.17) is 0 Å². The van der Waals surface area contributed by atoms with Gasteiger partial charge >= 0.3 is 6.03 Å². The highest BCUT2D eigenvalue weighted by atomic mass is 16.2. The summed E-state index contributed by atoms with van der Waals surface area (Å²) in [5.41, 5.74) is 2.53. The summed E-state index contributed by atoms with van der Waals surface area (Å²) < 4.78 is 0. The van der Waals surface area contributed by atoms with Gasteiger partial charge in [0.1, 0.15) is 0 Å². The monoisotopic (exact) mass is 317 g/mol. The third-order valence-electron chi connectivity index (χ3n) is 4.61. The maximum atomic E-state index is 11.9. The molecule has 0 aliphatic carbocycles. The number of nitrogens with zero attached hydrogens (tertiary/aromatic N) is 1. The molecule has 1 saturated heterocycles. The maximum absolute atomic E-state index is 11.9. The molecule has 0 aromatic heterocycles. The van der Waals surface area contributed by atoms with Crippen LogP contribution in [-0.4, -0.2) is 43.2 Å². The molecular weight excluding hydrogens is 286 g/mol. The van der Waals surface area contributed by atoms with Gasteiger partial charge in [-0.1, -0.05) is 29.8 Å². The van der Waals surface area contributed by atoms with Crippen LogP contribution in [0.3, 0.4) is 0 Å². The van der Waals surface area contributed by atoms with Crippen molar-refractivity contribution in [3.63, 3.8) is 0 Å². The van der Waals surface area contributed by atoms with Gasteiger partial charge in [-0.3, -0.25) is 0 Å². The molecule has 1 aliphatic heterocycles. The van der Waals surface area contributed by atoms with E-state index in [0.29, 0.717) is 18.5 Å². The summed E-state index contributed by atoms with van der Waals surface area (Å²) >= 11 is 0. The number of carbonyl (C=O) groups is 1. The normalized spacial score (nSPS) is 18.9. The van der Waals surface area contributed by atoms with E-state index in [-0.39, 0.29) is 6.03 Å². The molecule has 2 amide bonds. The van der Waals surface area contributed by atoms with Gasteiger partial charge in [0.2, 0.25) is 0 Å². The van der Waals surface area contributed by atoms with Crippen LogP contribution in [0.15, 0.2) is 24.3 Å². The van der Waals surface area contributed by atoms with E-state index in [9.17, 15) is 4.79 Å². The molecule has 1 aromatic rings. The zero-order valence-corrected chi connectivity index (χ0v) is 14.8. The lowest BCUT2D eigenvalue weighted by molar-refractivity contribution is 0.139. The molecule has 1 aliphatic rings. The summed E-state index contributed by atoms with van der Waals surface area (Å²) in [5.74, 6) is 0.577.